The number of hydrogen-bond donors (Lipinski definition) is 3. The van der Waals surface area contributed by atoms with Gasteiger partial charge in [0.25, 0.3) is 0 Å². The van der Waals surface area contributed by atoms with Gasteiger partial charge in [0.15, 0.2) is 0 Å². The number of aliphatic carboxylic acids is 1. The second-order valence-corrected chi connectivity index (χ2v) is 5.62. The summed E-state index contributed by atoms with van der Waals surface area (Å²) in [5.74, 6) is -1.57. The van der Waals surface area contributed by atoms with Crippen molar-refractivity contribution in [1.29, 1.82) is 0 Å². The van der Waals surface area contributed by atoms with Crippen molar-refractivity contribution in [3.63, 3.8) is 0 Å². The van der Waals surface area contributed by atoms with Gasteiger partial charge in [-0.25, -0.2) is 0 Å². The molecule has 0 aliphatic carbocycles. The fraction of sp³-hybridized carbons (Fsp3) is 0.222. The van der Waals surface area contributed by atoms with Gasteiger partial charge in [-0.3, -0.25) is 9.59 Å². The zero-order valence-corrected chi connectivity index (χ0v) is 13.6. The van der Waals surface area contributed by atoms with E-state index in [9.17, 15) is 22.8 Å². The number of rotatable bonds is 6. The Balaban J connectivity index is 2.22. The Hall–Kier alpha value is -2.87. The molecule has 0 aliphatic rings. The van der Waals surface area contributed by atoms with E-state index >= 15 is 0 Å². The molecule has 0 aliphatic heterocycles. The third-order valence-electron chi connectivity index (χ3n) is 3.76. The molecule has 0 heterocycles. The van der Waals surface area contributed by atoms with Gasteiger partial charge in [-0.05, 0) is 28.8 Å². The van der Waals surface area contributed by atoms with Gasteiger partial charge in [0, 0.05) is 0 Å². The minimum Gasteiger partial charge on any atom is -0.481 e. The minimum atomic E-state index is -4.40. The lowest BCUT2D eigenvalue weighted by atomic mass is 9.98. The van der Waals surface area contributed by atoms with Crippen LogP contribution in [0.1, 0.15) is 23.6 Å². The Morgan fingerprint density at radius 3 is 1.92 bits per heavy atom. The first-order valence-corrected chi connectivity index (χ1v) is 7.69. The van der Waals surface area contributed by atoms with Crippen LogP contribution in [-0.2, 0) is 15.8 Å². The molecule has 0 saturated heterocycles. The number of carbonyl (C=O) groups excluding carboxylic acids is 1. The highest BCUT2D eigenvalue weighted by atomic mass is 19.4. The van der Waals surface area contributed by atoms with Crippen molar-refractivity contribution in [1.82, 2.24) is 5.32 Å². The Labute approximate surface area is 147 Å². The predicted molar refractivity (Wildman–Crippen MR) is 89.1 cm³/mol. The number of benzene rings is 2. The van der Waals surface area contributed by atoms with Crippen LogP contribution in [0.4, 0.5) is 13.2 Å². The van der Waals surface area contributed by atoms with Crippen molar-refractivity contribution in [2.45, 2.75) is 18.6 Å². The molecule has 2 aromatic carbocycles. The zero-order valence-electron chi connectivity index (χ0n) is 13.6. The molecule has 0 spiro atoms. The molecule has 1 atom stereocenters. The molecule has 26 heavy (non-hydrogen) atoms. The van der Waals surface area contributed by atoms with Gasteiger partial charge in [0.1, 0.15) is 0 Å². The van der Waals surface area contributed by atoms with E-state index in [1.807, 2.05) is 0 Å². The summed E-state index contributed by atoms with van der Waals surface area (Å²) in [6, 6.07) is 10.5. The molecule has 1 unspecified atom stereocenters. The number of nitrogens with two attached hydrogens (primary N) is 1. The van der Waals surface area contributed by atoms with Crippen LogP contribution in [0.15, 0.2) is 48.5 Å². The second kappa shape index (κ2) is 8.01. The molecule has 8 heteroatoms. The molecule has 0 saturated carbocycles. The molecule has 2 rings (SSSR count). The average Bonchev–Trinajstić information content (AvgIpc) is 2.60. The summed E-state index contributed by atoms with van der Waals surface area (Å²) in [5, 5.41) is 11.5. The number of hydrogen-bond acceptors (Lipinski definition) is 3. The minimum absolute atomic E-state index is 0.264. The van der Waals surface area contributed by atoms with Crippen LogP contribution < -0.4 is 11.1 Å². The molecule has 0 bridgehead atoms. The van der Waals surface area contributed by atoms with E-state index < -0.39 is 29.7 Å². The highest BCUT2D eigenvalue weighted by Crippen LogP contribution is 2.31. The van der Waals surface area contributed by atoms with Crippen molar-refractivity contribution in [3.05, 3.63) is 59.7 Å². The maximum atomic E-state index is 12.6. The van der Waals surface area contributed by atoms with Crippen LogP contribution in [0.25, 0.3) is 11.1 Å². The molecule has 2 aromatic rings. The zero-order chi connectivity index (χ0) is 19.3. The first kappa shape index (κ1) is 19.5. The first-order chi connectivity index (χ1) is 12.2. The number of nitrogens with one attached hydrogen (secondary N) is 1. The molecule has 138 valence electrons. The average molecular weight is 366 g/mol. The number of carboxylic acids is 1. The Bertz CT molecular complexity index is 772. The molecule has 0 radical (unpaired) electrons. The smallest absolute Gasteiger partial charge is 0.416 e. The highest BCUT2D eigenvalue weighted by molar-refractivity contribution is 5.79. The Morgan fingerprint density at radius 1 is 1.00 bits per heavy atom. The summed E-state index contributed by atoms with van der Waals surface area (Å²) < 4.78 is 37.8. The molecular weight excluding hydrogens is 349 g/mol. The van der Waals surface area contributed by atoms with Gasteiger partial charge < -0.3 is 16.2 Å². The fourth-order valence-corrected chi connectivity index (χ4v) is 2.44. The molecule has 0 aromatic heterocycles. The maximum Gasteiger partial charge on any atom is 0.416 e. The SMILES string of the molecule is NCC(=O)NC(CC(=O)O)c1ccc(-c2ccc(C(F)(F)F)cc2)cc1. The van der Waals surface area contributed by atoms with E-state index in [0.29, 0.717) is 16.7 Å². The van der Waals surface area contributed by atoms with Gasteiger partial charge in [-0.2, -0.15) is 13.2 Å². The number of alkyl halides is 3. The van der Waals surface area contributed by atoms with E-state index in [1.165, 1.54) is 12.1 Å². The van der Waals surface area contributed by atoms with Crippen LogP contribution in [0.3, 0.4) is 0 Å². The van der Waals surface area contributed by atoms with E-state index in [-0.39, 0.29) is 13.0 Å². The topological polar surface area (TPSA) is 92.4 Å². The van der Waals surface area contributed by atoms with E-state index in [4.69, 9.17) is 10.8 Å². The summed E-state index contributed by atoms with van der Waals surface area (Å²) in [6.07, 6.45) is -4.71. The second-order valence-electron chi connectivity index (χ2n) is 5.62. The largest absolute Gasteiger partial charge is 0.481 e. The third kappa shape index (κ3) is 5.06. The lowest BCUT2D eigenvalue weighted by molar-refractivity contribution is -0.138. The van der Waals surface area contributed by atoms with Crippen molar-refractivity contribution in [3.8, 4) is 11.1 Å². The summed E-state index contributed by atoms with van der Waals surface area (Å²) in [5.41, 5.74) is 6.32. The maximum absolute atomic E-state index is 12.6. The fourth-order valence-electron chi connectivity index (χ4n) is 2.44. The normalized spacial score (nSPS) is 12.5. The van der Waals surface area contributed by atoms with Crippen molar-refractivity contribution in [2.75, 3.05) is 6.54 Å². The summed E-state index contributed by atoms with van der Waals surface area (Å²) in [7, 11) is 0. The number of carbonyl (C=O) groups is 2. The lowest BCUT2D eigenvalue weighted by Gasteiger charge is -2.17. The van der Waals surface area contributed by atoms with Crippen LogP contribution in [-0.4, -0.2) is 23.5 Å². The molecular formula is C18H17F3N2O3. The molecule has 0 fully saturated rings. The van der Waals surface area contributed by atoms with Gasteiger partial charge in [0.05, 0.1) is 24.6 Å². The highest BCUT2D eigenvalue weighted by Gasteiger charge is 2.30. The van der Waals surface area contributed by atoms with E-state index in [2.05, 4.69) is 5.32 Å². The van der Waals surface area contributed by atoms with Crippen molar-refractivity contribution < 1.29 is 27.9 Å². The Kier molecular flexibility index (Phi) is 5.99. The number of halogens is 3. The van der Waals surface area contributed by atoms with Crippen LogP contribution in [0.5, 0.6) is 0 Å². The summed E-state index contributed by atoms with van der Waals surface area (Å²) in [4.78, 5) is 22.4. The van der Waals surface area contributed by atoms with Crippen molar-refractivity contribution >= 4 is 11.9 Å². The van der Waals surface area contributed by atoms with E-state index in [0.717, 1.165) is 12.1 Å². The predicted octanol–water partition coefficient (Wildman–Crippen LogP) is 2.96. The monoisotopic (exact) mass is 366 g/mol. The van der Waals surface area contributed by atoms with Gasteiger partial charge in [-0.1, -0.05) is 36.4 Å². The van der Waals surface area contributed by atoms with Crippen molar-refractivity contribution in [2.24, 2.45) is 5.73 Å². The molecule has 4 N–H and O–H groups in total. The van der Waals surface area contributed by atoms with E-state index in [1.54, 1.807) is 24.3 Å². The number of amides is 1. The van der Waals surface area contributed by atoms with Gasteiger partial charge in [0.2, 0.25) is 5.91 Å². The van der Waals surface area contributed by atoms with Gasteiger partial charge in [-0.15, -0.1) is 0 Å². The molecule has 1 amide bonds. The van der Waals surface area contributed by atoms with Gasteiger partial charge >= 0.3 is 12.1 Å². The van der Waals surface area contributed by atoms with Crippen LogP contribution in [0, 0.1) is 0 Å². The van der Waals surface area contributed by atoms with Crippen LogP contribution >= 0.6 is 0 Å². The molecule has 5 nitrogen and oxygen atoms in total. The van der Waals surface area contributed by atoms with Crippen LogP contribution in [0.2, 0.25) is 0 Å². The quantitative estimate of drug-likeness (QED) is 0.733. The number of carboxylic acid groups (broad SMARTS) is 1. The summed E-state index contributed by atoms with van der Waals surface area (Å²) >= 11 is 0. The standard InChI is InChI=1S/C18H17F3N2O3/c19-18(20,21)14-7-5-12(6-8-14)11-1-3-13(4-2-11)15(9-17(25)26)23-16(24)10-22/h1-8,15H,9-10,22H2,(H,23,24)(H,25,26). The summed E-state index contributed by atoms with van der Waals surface area (Å²) in [6.45, 7) is -0.264. The lowest BCUT2D eigenvalue weighted by Crippen LogP contribution is -2.34. The third-order valence-corrected chi connectivity index (χ3v) is 3.76. The first-order valence-electron chi connectivity index (χ1n) is 7.69. The Morgan fingerprint density at radius 2 is 1.50 bits per heavy atom.